The first-order valence-corrected chi connectivity index (χ1v) is 7.59. The van der Waals surface area contributed by atoms with Crippen molar-refractivity contribution >= 4 is 5.96 Å². The summed E-state index contributed by atoms with van der Waals surface area (Å²) in [5, 5.41) is 9.66. The highest BCUT2D eigenvalue weighted by atomic mass is 19.4. The maximum atomic E-state index is 12.9. The third-order valence-electron chi connectivity index (χ3n) is 4.27. The number of ether oxygens (including phenoxy) is 1. The number of guanidine groups is 1. The highest BCUT2D eigenvalue weighted by Crippen LogP contribution is 2.34. The molecular weight excluding hydrogens is 311 g/mol. The number of hydrogen-bond acceptors (Lipinski definition) is 3. The maximum absolute atomic E-state index is 12.9. The van der Waals surface area contributed by atoms with Gasteiger partial charge in [0.1, 0.15) is 0 Å². The fourth-order valence-corrected chi connectivity index (χ4v) is 3.24. The van der Waals surface area contributed by atoms with E-state index in [-0.39, 0.29) is 24.3 Å². The largest absolute Gasteiger partial charge is 0.435 e. The van der Waals surface area contributed by atoms with Gasteiger partial charge >= 0.3 is 6.18 Å². The summed E-state index contributed by atoms with van der Waals surface area (Å²) in [7, 11) is 3.07. The Bertz CT molecular complexity index is 598. The van der Waals surface area contributed by atoms with Crippen molar-refractivity contribution in [2.24, 2.45) is 12.0 Å². The average molecular weight is 331 g/mol. The lowest BCUT2D eigenvalue weighted by molar-refractivity contribution is -0.142. The van der Waals surface area contributed by atoms with Crippen LogP contribution in [0.4, 0.5) is 13.2 Å². The van der Waals surface area contributed by atoms with Gasteiger partial charge in [-0.05, 0) is 19.3 Å². The smallest absolute Gasteiger partial charge is 0.373 e. The molecule has 23 heavy (non-hydrogen) atoms. The molecule has 0 amide bonds. The third-order valence-corrected chi connectivity index (χ3v) is 4.27. The van der Waals surface area contributed by atoms with Gasteiger partial charge < -0.3 is 15.4 Å². The summed E-state index contributed by atoms with van der Waals surface area (Å²) in [4.78, 5) is 4.08. The van der Waals surface area contributed by atoms with Crippen LogP contribution in [0.1, 0.15) is 30.5 Å². The fraction of sp³-hybridized carbons (Fsp3) is 0.714. The van der Waals surface area contributed by atoms with E-state index in [1.165, 1.54) is 17.9 Å². The summed E-state index contributed by atoms with van der Waals surface area (Å²) < 4.78 is 45.7. The number of rotatable bonds is 3. The van der Waals surface area contributed by atoms with Crippen molar-refractivity contribution in [3.63, 3.8) is 0 Å². The van der Waals surface area contributed by atoms with Gasteiger partial charge in [0.05, 0.1) is 18.2 Å². The van der Waals surface area contributed by atoms with Crippen LogP contribution in [-0.4, -0.2) is 41.0 Å². The number of nitrogens with zero attached hydrogens (tertiary/aromatic N) is 3. The molecule has 1 aromatic rings. The van der Waals surface area contributed by atoms with E-state index in [2.05, 4.69) is 20.7 Å². The molecular formula is C14H20F3N5O. The first-order valence-electron chi connectivity index (χ1n) is 7.59. The second-order valence-corrected chi connectivity index (χ2v) is 5.96. The predicted molar refractivity (Wildman–Crippen MR) is 77.8 cm³/mol. The van der Waals surface area contributed by atoms with Crippen LogP contribution < -0.4 is 10.6 Å². The van der Waals surface area contributed by atoms with Crippen LogP contribution in [0.25, 0.3) is 0 Å². The Morgan fingerprint density at radius 1 is 1.48 bits per heavy atom. The van der Waals surface area contributed by atoms with Gasteiger partial charge in [0, 0.05) is 32.4 Å². The third kappa shape index (κ3) is 3.44. The molecule has 0 aliphatic carbocycles. The summed E-state index contributed by atoms with van der Waals surface area (Å²) in [5.41, 5.74) is -0.779. The van der Waals surface area contributed by atoms with Crippen LogP contribution in [-0.2, 0) is 24.5 Å². The molecule has 2 fully saturated rings. The summed E-state index contributed by atoms with van der Waals surface area (Å²) >= 11 is 0. The van der Waals surface area contributed by atoms with E-state index in [4.69, 9.17) is 4.74 Å². The van der Waals surface area contributed by atoms with Crippen molar-refractivity contribution in [1.82, 2.24) is 20.4 Å². The Labute approximate surface area is 132 Å². The molecule has 3 heterocycles. The molecule has 2 bridgehead atoms. The zero-order chi connectivity index (χ0) is 16.6. The summed E-state index contributed by atoms with van der Waals surface area (Å²) in [5.74, 6) is 0.475. The van der Waals surface area contributed by atoms with E-state index in [0.29, 0.717) is 12.1 Å². The first-order chi connectivity index (χ1) is 10.9. The fourth-order valence-electron chi connectivity index (χ4n) is 3.24. The minimum atomic E-state index is -4.46. The lowest BCUT2D eigenvalue weighted by Crippen LogP contribution is -2.47. The average Bonchev–Trinajstić information content (AvgIpc) is 3.17. The molecule has 2 N–H and O–H groups in total. The quantitative estimate of drug-likeness (QED) is 0.650. The molecule has 0 radical (unpaired) electrons. The molecule has 1 aromatic heterocycles. The molecule has 128 valence electrons. The van der Waals surface area contributed by atoms with Gasteiger partial charge in [-0.3, -0.25) is 9.67 Å². The first kappa shape index (κ1) is 16.1. The second-order valence-electron chi connectivity index (χ2n) is 5.96. The number of halogens is 3. The van der Waals surface area contributed by atoms with Gasteiger partial charge in [-0.25, -0.2) is 0 Å². The number of nitrogens with one attached hydrogen (secondary N) is 2. The van der Waals surface area contributed by atoms with E-state index < -0.39 is 11.9 Å². The number of hydrogen-bond donors (Lipinski definition) is 2. The molecule has 3 rings (SSSR count). The number of aliphatic imine (C=N–C) groups is 1. The summed E-state index contributed by atoms with van der Waals surface area (Å²) in [6, 6.07) is 0.163. The molecule has 0 saturated carbocycles. The molecule has 9 heteroatoms. The van der Waals surface area contributed by atoms with Crippen molar-refractivity contribution in [3.8, 4) is 0 Å². The Hall–Kier alpha value is -1.77. The Morgan fingerprint density at radius 3 is 2.83 bits per heavy atom. The predicted octanol–water partition coefficient (Wildman–Crippen LogP) is 1.42. The van der Waals surface area contributed by atoms with E-state index >= 15 is 0 Å². The van der Waals surface area contributed by atoms with Crippen molar-refractivity contribution in [2.75, 3.05) is 7.05 Å². The van der Waals surface area contributed by atoms with Crippen LogP contribution in [0, 0.1) is 0 Å². The van der Waals surface area contributed by atoms with Gasteiger partial charge in [-0.15, -0.1) is 0 Å². The lowest BCUT2D eigenvalue weighted by Gasteiger charge is -2.22. The molecule has 3 unspecified atom stereocenters. The zero-order valence-corrected chi connectivity index (χ0v) is 13.0. The van der Waals surface area contributed by atoms with Crippen LogP contribution in [0.3, 0.4) is 0 Å². The Morgan fingerprint density at radius 2 is 2.26 bits per heavy atom. The van der Waals surface area contributed by atoms with Crippen molar-refractivity contribution in [2.45, 2.75) is 50.2 Å². The van der Waals surface area contributed by atoms with Crippen LogP contribution >= 0.6 is 0 Å². The summed E-state index contributed by atoms with van der Waals surface area (Å²) in [6.07, 6.45) is 0.372. The monoisotopic (exact) mass is 331 g/mol. The van der Waals surface area contributed by atoms with Gasteiger partial charge in [-0.2, -0.15) is 18.3 Å². The standard InChI is InChI=1S/C14H20F3N5O/c1-18-13(20-10-5-9-3-4-11(10)23-9)19-6-8-7-22(2)21-12(8)14(15,16)17/h7,9-11H,3-6H2,1-2H3,(H2,18,19,20). The highest BCUT2D eigenvalue weighted by Gasteiger charge is 2.41. The van der Waals surface area contributed by atoms with Gasteiger partial charge in [0.25, 0.3) is 0 Å². The second kappa shape index (κ2) is 6.03. The van der Waals surface area contributed by atoms with Crippen LogP contribution in [0.5, 0.6) is 0 Å². The summed E-state index contributed by atoms with van der Waals surface area (Å²) in [6.45, 7) is 0.00400. The molecule has 0 aromatic carbocycles. The molecule has 3 atom stereocenters. The minimum absolute atomic E-state index is 0.00400. The van der Waals surface area contributed by atoms with Crippen LogP contribution in [0.15, 0.2) is 11.2 Å². The Kier molecular flexibility index (Phi) is 4.22. The number of aromatic nitrogens is 2. The number of aryl methyl sites for hydroxylation is 1. The topological polar surface area (TPSA) is 63.5 Å². The molecule has 2 saturated heterocycles. The van der Waals surface area contributed by atoms with Gasteiger partial charge in [-0.1, -0.05) is 0 Å². The maximum Gasteiger partial charge on any atom is 0.435 e. The van der Waals surface area contributed by atoms with Crippen molar-refractivity contribution in [1.29, 1.82) is 0 Å². The normalized spacial score (nSPS) is 27.5. The van der Waals surface area contributed by atoms with E-state index in [1.807, 2.05) is 0 Å². The lowest BCUT2D eigenvalue weighted by atomic mass is 9.96. The Balaban J connectivity index is 1.61. The highest BCUT2D eigenvalue weighted by molar-refractivity contribution is 5.80. The molecule has 2 aliphatic rings. The SMILES string of the molecule is CN=C(NCc1cn(C)nc1C(F)(F)F)NC1CC2CCC1O2. The van der Waals surface area contributed by atoms with Crippen molar-refractivity contribution < 1.29 is 17.9 Å². The van der Waals surface area contributed by atoms with E-state index in [9.17, 15) is 13.2 Å². The van der Waals surface area contributed by atoms with Gasteiger partial charge in [0.2, 0.25) is 0 Å². The minimum Gasteiger partial charge on any atom is -0.373 e. The van der Waals surface area contributed by atoms with E-state index in [0.717, 1.165) is 19.3 Å². The zero-order valence-electron chi connectivity index (χ0n) is 13.0. The molecule has 6 nitrogen and oxygen atoms in total. The molecule has 0 spiro atoms. The van der Waals surface area contributed by atoms with E-state index in [1.54, 1.807) is 7.05 Å². The number of fused-ring (bicyclic) bond motifs is 2. The molecule has 2 aliphatic heterocycles. The van der Waals surface area contributed by atoms with Gasteiger partial charge in [0.15, 0.2) is 11.7 Å². The van der Waals surface area contributed by atoms with Crippen LogP contribution in [0.2, 0.25) is 0 Å². The number of alkyl halides is 3. The van der Waals surface area contributed by atoms with Crippen molar-refractivity contribution in [3.05, 3.63) is 17.5 Å².